The summed E-state index contributed by atoms with van der Waals surface area (Å²) in [5.74, 6) is 0.323. The number of carbonyl (C=O) groups is 2. The van der Waals surface area contributed by atoms with Crippen LogP contribution in [-0.2, 0) is 9.53 Å². The highest BCUT2D eigenvalue weighted by Crippen LogP contribution is 2.28. The van der Waals surface area contributed by atoms with Crippen LogP contribution in [0, 0.1) is 5.92 Å². The van der Waals surface area contributed by atoms with E-state index < -0.39 is 6.09 Å². The Kier molecular flexibility index (Phi) is 13.0. The molecule has 0 fully saturated rings. The van der Waals surface area contributed by atoms with Gasteiger partial charge < -0.3 is 26.2 Å². The van der Waals surface area contributed by atoms with E-state index in [1.807, 2.05) is 24.3 Å². The van der Waals surface area contributed by atoms with Crippen LogP contribution in [0.15, 0.2) is 29.2 Å². The van der Waals surface area contributed by atoms with Gasteiger partial charge in [0.15, 0.2) is 0 Å². The SMILES string of the molecule is COC(=O)NCC(=O)NCCCCC(CO)N(CCC(C)C)Sc1ccc(N)cc1. The lowest BCUT2D eigenvalue weighted by Crippen LogP contribution is -2.37. The maximum absolute atomic E-state index is 11.7. The van der Waals surface area contributed by atoms with E-state index in [-0.39, 0.29) is 25.1 Å². The Morgan fingerprint density at radius 2 is 1.87 bits per heavy atom. The predicted molar refractivity (Wildman–Crippen MR) is 121 cm³/mol. The Morgan fingerprint density at radius 3 is 2.47 bits per heavy atom. The number of nitrogens with two attached hydrogens (primary N) is 1. The highest BCUT2D eigenvalue weighted by Gasteiger charge is 2.19. The monoisotopic (exact) mass is 440 g/mol. The fraction of sp³-hybridized carbons (Fsp3) is 0.619. The zero-order chi connectivity index (χ0) is 22.4. The molecule has 0 radical (unpaired) electrons. The summed E-state index contributed by atoms with van der Waals surface area (Å²) in [7, 11) is 1.25. The van der Waals surface area contributed by atoms with Crippen molar-refractivity contribution in [3.8, 4) is 0 Å². The summed E-state index contributed by atoms with van der Waals surface area (Å²) in [4.78, 5) is 23.7. The van der Waals surface area contributed by atoms with Crippen LogP contribution in [0.3, 0.4) is 0 Å². The molecule has 1 unspecified atom stereocenters. The molecular weight excluding hydrogens is 404 g/mol. The zero-order valence-electron chi connectivity index (χ0n) is 18.2. The standard InChI is InChI=1S/C21H36N4O4S/c1-16(2)11-13-25(30-19-9-7-17(22)8-10-19)18(15-26)6-4-5-12-23-20(27)14-24-21(28)29-3/h7-10,16,18,26H,4-6,11-15,22H2,1-3H3,(H,23,27)(H,24,28). The van der Waals surface area contributed by atoms with Crippen LogP contribution in [0.2, 0.25) is 0 Å². The van der Waals surface area contributed by atoms with Crippen LogP contribution in [0.25, 0.3) is 0 Å². The van der Waals surface area contributed by atoms with Crippen LogP contribution >= 0.6 is 11.9 Å². The van der Waals surface area contributed by atoms with Crippen LogP contribution in [-0.4, -0.2) is 60.8 Å². The van der Waals surface area contributed by atoms with Gasteiger partial charge in [0, 0.05) is 29.7 Å². The summed E-state index contributed by atoms with van der Waals surface area (Å²) in [5, 5.41) is 15.1. The molecule has 1 atom stereocenters. The fourth-order valence-corrected chi connectivity index (χ4v) is 3.74. The Labute approximate surface area is 184 Å². The molecular formula is C21H36N4O4S. The van der Waals surface area contributed by atoms with Gasteiger partial charge in [-0.15, -0.1) is 0 Å². The van der Waals surface area contributed by atoms with Gasteiger partial charge in [0.1, 0.15) is 0 Å². The molecule has 1 aromatic carbocycles. The molecule has 1 rings (SSSR count). The van der Waals surface area contributed by atoms with Crippen molar-refractivity contribution in [2.45, 2.75) is 50.5 Å². The van der Waals surface area contributed by atoms with E-state index >= 15 is 0 Å². The zero-order valence-corrected chi connectivity index (χ0v) is 19.0. The smallest absolute Gasteiger partial charge is 0.407 e. The van der Waals surface area contributed by atoms with Gasteiger partial charge in [0.2, 0.25) is 5.91 Å². The molecule has 0 bridgehead atoms. The van der Waals surface area contributed by atoms with Crippen LogP contribution in [0.4, 0.5) is 10.5 Å². The third-order valence-electron chi connectivity index (χ3n) is 4.51. The number of rotatable bonds is 14. The first-order chi connectivity index (χ1) is 14.3. The normalized spacial score (nSPS) is 12.1. The number of nitrogens with zero attached hydrogens (tertiary/aromatic N) is 1. The topological polar surface area (TPSA) is 117 Å². The molecule has 8 nitrogen and oxygen atoms in total. The Morgan fingerprint density at radius 1 is 1.17 bits per heavy atom. The lowest BCUT2D eigenvalue weighted by atomic mass is 10.1. The van der Waals surface area contributed by atoms with Gasteiger partial charge in [-0.1, -0.05) is 20.3 Å². The van der Waals surface area contributed by atoms with E-state index in [9.17, 15) is 14.7 Å². The van der Waals surface area contributed by atoms with Crippen molar-refractivity contribution in [3.63, 3.8) is 0 Å². The van der Waals surface area contributed by atoms with Crippen molar-refractivity contribution in [3.05, 3.63) is 24.3 Å². The number of benzene rings is 1. The number of unbranched alkanes of at least 4 members (excludes halogenated alkanes) is 1. The number of ether oxygens (including phenoxy) is 1. The molecule has 170 valence electrons. The predicted octanol–water partition coefficient (Wildman–Crippen LogP) is 2.63. The van der Waals surface area contributed by atoms with Crippen LogP contribution < -0.4 is 16.4 Å². The molecule has 30 heavy (non-hydrogen) atoms. The first-order valence-corrected chi connectivity index (χ1v) is 11.1. The number of carbonyl (C=O) groups excluding carboxylic acids is 2. The Balaban J connectivity index is 2.46. The number of hydrogen-bond donors (Lipinski definition) is 4. The highest BCUT2D eigenvalue weighted by molar-refractivity contribution is 7.97. The van der Waals surface area contributed by atoms with Crippen molar-refractivity contribution in [2.75, 3.05) is 39.1 Å². The van der Waals surface area contributed by atoms with Gasteiger partial charge in [-0.2, -0.15) is 0 Å². The van der Waals surface area contributed by atoms with Gasteiger partial charge >= 0.3 is 6.09 Å². The molecule has 0 saturated heterocycles. The van der Waals surface area contributed by atoms with E-state index in [4.69, 9.17) is 5.73 Å². The first-order valence-electron chi connectivity index (χ1n) is 10.3. The second-order valence-electron chi connectivity index (χ2n) is 7.51. The van der Waals surface area contributed by atoms with Crippen molar-refractivity contribution < 1.29 is 19.4 Å². The van der Waals surface area contributed by atoms with Gasteiger partial charge in [-0.25, -0.2) is 9.10 Å². The molecule has 0 heterocycles. The molecule has 1 aromatic rings. The number of nitrogens with one attached hydrogen (secondary N) is 2. The molecule has 5 N–H and O–H groups in total. The lowest BCUT2D eigenvalue weighted by molar-refractivity contribution is -0.120. The van der Waals surface area contributed by atoms with E-state index in [0.29, 0.717) is 12.5 Å². The summed E-state index contributed by atoms with van der Waals surface area (Å²) >= 11 is 1.65. The van der Waals surface area contributed by atoms with E-state index in [1.165, 1.54) is 7.11 Å². The van der Waals surface area contributed by atoms with Gasteiger partial charge in [-0.05, 0) is 61.4 Å². The first kappa shape index (κ1) is 26.1. The van der Waals surface area contributed by atoms with E-state index in [1.54, 1.807) is 11.9 Å². The molecule has 2 amide bonds. The number of hydrogen-bond acceptors (Lipinski definition) is 7. The summed E-state index contributed by atoms with van der Waals surface area (Å²) < 4.78 is 6.68. The molecule has 0 saturated carbocycles. The molecule has 0 aliphatic heterocycles. The van der Waals surface area contributed by atoms with Crippen molar-refractivity contribution in [1.82, 2.24) is 14.9 Å². The van der Waals surface area contributed by atoms with E-state index in [0.717, 1.165) is 42.8 Å². The number of alkyl carbamates (subject to hydrolysis) is 1. The molecule has 0 aliphatic rings. The summed E-state index contributed by atoms with van der Waals surface area (Å²) in [6.07, 6.45) is 2.91. The number of methoxy groups -OCH3 is 1. The lowest BCUT2D eigenvalue weighted by Gasteiger charge is -2.30. The Hall–Kier alpha value is -1.97. The van der Waals surface area contributed by atoms with Crippen molar-refractivity contribution in [2.24, 2.45) is 5.92 Å². The third kappa shape index (κ3) is 11.3. The number of amides is 2. The highest BCUT2D eigenvalue weighted by atomic mass is 32.2. The minimum Gasteiger partial charge on any atom is -0.453 e. The number of aliphatic hydroxyl groups is 1. The quantitative estimate of drug-likeness (QED) is 0.200. The summed E-state index contributed by atoms with van der Waals surface area (Å²) in [5.41, 5.74) is 6.51. The Bertz CT molecular complexity index is 628. The van der Waals surface area contributed by atoms with Gasteiger partial charge in [-0.3, -0.25) is 4.79 Å². The van der Waals surface area contributed by atoms with Crippen molar-refractivity contribution in [1.29, 1.82) is 0 Å². The molecule has 0 aromatic heterocycles. The van der Waals surface area contributed by atoms with Crippen molar-refractivity contribution >= 4 is 29.6 Å². The summed E-state index contributed by atoms with van der Waals surface area (Å²) in [6.45, 7) is 5.77. The average molecular weight is 441 g/mol. The molecule has 9 heteroatoms. The van der Waals surface area contributed by atoms with E-state index in [2.05, 4.69) is 33.5 Å². The van der Waals surface area contributed by atoms with Gasteiger partial charge in [0.05, 0.1) is 20.3 Å². The fourth-order valence-electron chi connectivity index (χ4n) is 2.70. The van der Waals surface area contributed by atoms with Crippen LogP contribution in [0.5, 0.6) is 0 Å². The second-order valence-corrected chi connectivity index (χ2v) is 8.63. The summed E-state index contributed by atoms with van der Waals surface area (Å²) in [6, 6.07) is 7.79. The third-order valence-corrected chi connectivity index (χ3v) is 5.71. The number of anilines is 1. The van der Waals surface area contributed by atoms with Gasteiger partial charge in [0.25, 0.3) is 0 Å². The minimum atomic E-state index is -0.629. The molecule has 0 aliphatic carbocycles. The maximum Gasteiger partial charge on any atom is 0.407 e. The maximum atomic E-state index is 11.7. The molecule has 0 spiro atoms. The van der Waals surface area contributed by atoms with Crippen LogP contribution in [0.1, 0.15) is 39.5 Å². The number of nitrogen functional groups attached to an aromatic ring is 1. The largest absolute Gasteiger partial charge is 0.453 e. The minimum absolute atomic E-state index is 0.0306. The number of aliphatic hydroxyl groups excluding tert-OH is 1. The second kappa shape index (κ2) is 14.9. The average Bonchev–Trinajstić information content (AvgIpc) is 2.73.